The number of nitrogens with zero attached hydrogens (tertiary/aromatic N) is 1. The second-order valence-corrected chi connectivity index (χ2v) is 5.65. The van der Waals surface area contributed by atoms with Crippen LogP contribution in [0.15, 0.2) is 42.7 Å². The van der Waals surface area contributed by atoms with Gasteiger partial charge in [-0.3, -0.25) is 9.78 Å². The third-order valence-corrected chi connectivity index (χ3v) is 3.84. The average molecular weight is 312 g/mol. The van der Waals surface area contributed by atoms with Crippen molar-refractivity contribution in [3.05, 3.63) is 53.9 Å². The largest absolute Gasteiger partial charge is 0.486 e. The summed E-state index contributed by atoms with van der Waals surface area (Å²) in [4.78, 5) is 16.1. The van der Waals surface area contributed by atoms with Crippen LogP contribution in [0, 0.1) is 0 Å². The Labute approximate surface area is 135 Å². The van der Waals surface area contributed by atoms with Crippen molar-refractivity contribution in [1.29, 1.82) is 0 Å². The van der Waals surface area contributed by atoms with Gasteiger partial charge in [0.25, 0.3) is 0 Å². The first-order chi connectivity index (χ1) is 11.2. The van der Waals surface area contributed by atoms with E-state index >= 15 is 0 Å². The number of fused-ring (bicyclic) bond motifs is 1. The molecule has 0 radical (unpaired) electrons. The van der Waals surface area contributed by atoms with Crippen LogP contribution < -0.4 is 14.8 Å². The minimum Gasteiger partial charge on any atom is -0.486 e. The van der Waals surface area contributed by atoms with Crippen molar-refractivity contribution in [3.8, 4) is 11.5 Å². The molecule has 1 unspecified atom stereocenters. The van der Waals surface area contributed by atoms with Crippen LogP contribution in [0.5, 0.6) is 11.5 Å². The monoisotopic (exact) mass is 312 g/mol. The number of amides is 1. The molecule has 0 spiro atoms. The average Bonchev–Trinajstić information content (AvgIpc) is 2.60. The van der Waals surface area contributed by atoms with Gasteiger partial charge in [-0.2, -0.15) is 0 Å². The summed E-state index contributed by atoms with van der Waals surface area (Å²) >= 11 is 0. The van der Waals surface area contributed by atoms with E-state index in [1.165, 1.54) is 0 Å². The summed E-state index contributed by atoms with van der Waals surface area (Å²) in [6, 6.07) is 9.67. The molecule has 2 aromatic rings. The van der Waals surface area contributed by atoms with Gasteiger partial charge in [-0.15, -0.1) is 0 Å². The minimum atomic E-state index is 0.0243. The van der Waals surface area contributed by atoms with E-state index in [1.54, 1.807) is 12.4 Å². The summed E-state index contributed by atoms with van der Waals surface area (Å²) < 4.78 is 11.1. The normalized spacial score (nSPS) is 14.1. The van der Waals surface area contributed by atoms with Gasteiger partial charge in [0.2, 0.25) is 5.91 Å². The Bertz CT molecular complexity index is 673. The molecule has 0 saturated heterocycles. The van der Waals surface area contributed by atoms with E-state index in [2.05, 4.69) is 10.3 Å². The molecule has 5 nitrogen and oxygen atoms in total. The number of benzene rings is 1. The number of nitrogens with one attached hydrogen (secondary N) is 1. The maximum atomic E-state index is 12.1. The molecule has 0 aliphatic carbocycles. The highest BCUT2D eigenvalue weighted by molar-refractivity contribution is 5.76. The first-order valence-corrected chi connectivity index (χ1v) is 7.77. The lowest BCUT2D eigenvalue weighted by atomic mass is 9.97. The first-order valence-electron chi connectivity index (χ1n) is 7.77. The number of pyridine rings is 1. The van der Waals surface area contributed by atoms with Crippen LogP contribution in [0.4, 0.5) is 0 Å². The van der Waals surface area contributed by atoms with Crippen LogP contribution in [0.1, 0.15) is 30.4 Å². The van der Waals surface area contributed by atoms with E-state index in [1.807, 2.05) is 37.3 Å². The predicted octanol–water partition coefficient (Wildman–Crippen LogP) is 2.66. The third-order valence-electron chi connectivity index (χ3n) is 3.84. The molecule has 1 atom stereocenters. The third kappa shape index (κ3) is 4.00. The number of hydrogen-bond acceptors (Lipinski definition) is 4. The molecule has 0 fully saturated rings. The SMILES string of the molecule is CC(CC(=O)NCc1cccnc1)c1ccc2c(c1)OCCO2. The molecular weight excluding hydrogens is 292 g/mol. The van der Waals surface area contributed by atoms with Gasteiger partial charge in [-0.05, 0) is 35.2 Å². The first kappa shape index (κ1) is 15.3. The fourth-order valence-corrected chi connectivity index (χ4v) is 2.54. The maximum absolute atomic E-state index is 12.1. The molecule has 1 aliphatic heterocycles. The molecule has 3 rings (SSSR count). The van der Waals surface area contributed by atoms with Crippen LogP contribution >= 0.6 is 0 Å². The lowest BCUT2D eigenvalue weighted by Crippen LogP contribution is -2.24. The van der Waals surface area contributed by atoms with Gasteiger partial charge < -0.3 is 14.8 Å². The summed E-state index contributed by atoms with van der Waals surface area (Å²) in [6.07, 6.45) is 3.90. The number of rotatable bonds is 5. The lowest BCUT2D eigenvalue weighted by molar-refractivity contribution is -0.121. The van der Waals surface area contributed by atoms with Crippen LogP contribution in [0.2, 0.25) is 0 Å². The Balaban J connectivity index is 1.56. The number of hydrogen-bond donors (Lipinski definition) is 1. The number of carbonyl (C=O) groups is 1. The Morgan fingerprint density at radius 2 is 2.09 bits per heavy atom. The second-order valence-electron chi connectivity index (χ2n) is 5.65. The molecule has 1 N–H and O–H groups in total. The zero-order chi connectivity index (χ0) is 16.1. The molecule has 1 aromatic heterocycles. The van der Waals surface area contributed by atoms with Gasteiger partial charge in [-0.1, -0.05) is 19.1 Å². The zero-order valence-corrected chi connectivity index (χ0v) is 13.1. The van der Waals surface area contributed by atoms with E-state index in [9.17, 15) is 4.79 Å². The Morgan fingerprint density at radius 3 is 2.87 bits per heavy atom. The van der Waals surface area contributed by atoms with E-state index in [0.717, 1.165) is 22.6 Å². The summed E-state index contributed by atoms with van der Waals surface area (Å²) in [5.41, 5.74) is 2.07. The van der Waals surface area contributed by atoms with Crippen molar-refractivity contribution in [2.75, 3.05) is 13.2 Å². The smallest absolute Gasteiger partial charge is 0.220 e. The van der Waals surface area contributed by atoms with E-state index < -0.39 is 0 Å². The number of carbonyl (C=O) groups excluding carboxylic acids is 1. The van der Waals surface area contributed by atoms with Crippen molar-refractivity contribution >= 4 is 5.91 Å². The maximum Gasteiger partial charge on any atom is 0.220 e. The van der Waals surface area contributed by atoms with Crippen molar-refractivity contribution in [2.24, 2.45) is 0 Å². The Morgan fingerprint density at radius 1 is 1.26 bits per heavy atom. The van der Waals surface area contributed by atoms with Gasteiger partial charge in [0, 0.05) is 25.4 Å². The minimum absolute atomic E-state index is 0.0243. The van der Waals surface area contributed by atoms with Gasteiger partial charge in [0.15, 0.2) is 11.5 Å². The molecule has 0 bridgehead atoms. The molecule has 1 aromatic carbocycles. The van der Waals surface area contributed by atoms with Crippen LogP contribution in [-0.2, 0) is 11.3 Å². The number of ether oxygens (including phenoxy) is 2. The zero-order valence-electron chi connectivity index (χ0n) is 13.1. The lowest BCUT2D eigenvalue weighted by Gasteiger charge is -2.20. The number of aromatic nitrogens is 1. The topological polar surface area (TPSA) is 60.5 Å². The van der Waals surface area contributed by atoms with Gasteiger partial charge in [-0.25, -0.2) is 0 Å². The highest BCUT2D eigenvalue weighted by atomic mass is 16.6. The van der Waals surface area contributed by atoms with Crippen molar-refractivity contribution in [2.45, 2.75) is 25.8 Å². The van der Waals surface area contributed by atoms with Crippen molar-refractivity contribution in [1.82, 2.24) is 10.3 Å². The molecule has 0 saturated carbocycles. The summed E-state index contributed by atoms with van der Waals surface area (Å²) in [6.45, 7) is 3.69. The Kier molecular flexibility index (Phi) is 4.76. The molecule has 120 valence electrons. The highest BCUT2D eigenvalue weighted by Gasteiger charge is 2.16. The summed E-state index contributed by atoms with van der Waals surface area (Å²) in [5.74, 6) is 1.67. The van der Waals surface area contributed by atoms with Crippen molar-refractivity contribution in [3.63, 3.8) is 0 Å². The van der Waals surface area contributed by atoms with Gasteiger partial charge >= 0.3 is 0 Å². The quantitative estimate of drug-likeness (QED) is 0.922. The summed E-state index contributed by atoms with van der Waals surface area (Å²) in [5, 5.41) is 2.93. The highest BCUT2D eigenvalue weighted by Crippen LogP contribution is 2.33. The van der Waals surface area contributed by atoms with Crippen LogP contribution in [0.3, 0.4) is 0 Å². The Hall–Kier alpha value is -2.56. The van der Waals surface area contributed by atoms with Crippen LogP contribution in [0.25, 0.3) is 0 Å². The van der Waals surface area contributed by atoms with Crippen molar-refractivity contribution < 1.29 is 14.3 Å². The van der Waals surface area contributed by atoms with E-state index in [0.29, 0.717) is 26.2 Å². The van der Waals surface area contributed by atoms with E-state index in [4.69, 9.17) is 9.47 Å². The fourth-order valence-electron chi connectivity index (χ4n) is 2.54. The van der Waals surface area contributed by atoms with Crippen LogP contribution in [-0.4, -0.2) is 24.1 Å². The standard InChI is InChI=1S/C18H20N2O3/c1-13(9-18(21)20-12-14-3-2-6-19-11-14)15-4-5-16-17(10-15)23-8-7-22-16/h2-6,10-11,13H,7-9,12H2,1H3,(H,20,21). The molecule has 23 heavy (non-hydrogen) atoms. The molecule has 1 amide bonds. The molecule has 5 heteroatoms. The molecular formula is C18H20N2O3. The predicted molar refractivity (Wildman–Crippen MR) is 86.5 cm³/mol. The fraction of sp³-hybridized carbons (Fsp3) is 0.333. The van der Waals surface area contributed by atoms with Gasteiger partial charge in [0.05, 0.1) is 0 Å². The van der Waals surface area contributed by atoms with Gasteiger partial charge in [0.1, 0.15) is 13.2 Å². The molecule has 1 aliphatic rings. The second kappa shape index (κ2) is 7.13. The molecule has 2 heterocycles. The summed E-state index contributed by atoms with van der Waals surface area (Å²) in [7, 11) is 0. The van der Waals surface area contributed by atoms with E-state index in [-0.39, 0.29) is 11.8 Å².